The molecule has 3 nitrogen and oxygen atoms in total. The Balaban J connectivity index is 1.46. The van der Waals surface area contributed by atoms with Crippen molar-refractivity contribution in [1.29, 1.82) is 0 Å². The molecule has 0 bridgehead atoms. The average molecular weight is 295 g/mol. The molecule has 0 aromatic heterocycles. The van der Waals surface area contributed by atoms with Gasteiger partial charge in [0, 0.05) is 12.1 Å². The summed E-state index contributed by atoms with van der Waals surface area (Å²) in [7, 11) is 0. The predicted octanol–water partition coefficient (Wildman–Crippen LogP) is 3.28. The second-order valence-electron chi connectivity index (χ2n) is 6.17. The highest BCUT2D eigenvalue weighted by atomic mass is 16.6. The molecular weight excluding hydrogens is 274 g/mol. The van der Waals surface area contributed by atoms with Crippen LogP contribution in [0.5, 0.6) is 11.5 Å². The van der Waals surface area contributed by atoms with Gasteiger partial charge in [0.1, 0.15) is 13.2 Å². The molecule has 2 aliphatic rings. The van der Waals surface area contributed by atoms with E-state index in [-0.39, 0.29) is 0 Å². The van der Waals surface area contributed by atoms with E-state index in [1.165, 1.54) is 16.7 Å². The van der Waals surface area contributed by atoms with Crippen LogP contribution in [0.25, 0.3) is 0 Å². The van der Waals surface area contributed by atoms with E-state index in [1.54, 1.807) is 0 Å². The normalized spacial score (nSPS) is 18.0. The van der Waals surface area contributed by atoms with Crippen LogP contribution in [0, 0.1) is 0 Å². The van der Waals surface area contributed by atoms with Gasteiger partial charge in [-0.05, 0) is 48.6 Å². The Labute approximate surface area is 131 Å². The molecule has 2 aromatic carbocycles. The zero-order valence-electron chi connectivity index (χ0n) is 12.8. The Morgan fingerprint density at radius 1 is 0.955 bits per heavy atom. The fourth-order valence-corrected chi connectivity index (χ4v) is 3.46. The van der Waals surface area contributed by atoms with E-state index in [1.807, 2.05) is 6.07 Å². The van der Waals surface area contributed by atoms with Crippen molar-refractivity contribution in [2.45, 2.75) is 31.8 Å². The summed E-state index contributed by atoms with van der Waals surface area (Å²) in [6, 6.07) is 15.8. The maximum atomic E-state index is 5.68. The molecule has 3 heteroatoms. The van der Waals surface area contributed by atoms with E-state index >= 15 is 0 Å². The van der Waals surface area contributed by atoms with Crippen molar-refractivity contribution < 1.29 is 9.47 Å². The highest BCUT2D eigenvalue weighted by Gasteiger charge is 2.23. The molecule has 1 N–H and O–H groups in total. The van der Waals surface area contributed by atoms with Gasteiger partial charge in [0.05, 0.1) is 0 Å². The van der Waals surface area contributed by atoms with Crippen LogP contribution in [0.3, 0.4) is 0 Å². The molecule has 1 aliphatic carbocycles. The van der Waals surface area contributed by atoms with Crippen LogP contribution >= 0.6 is 0 Å². The monoisotopic (exact) mass is 295 g/mol. The first kappa shape index (κ1) is 13.6. The van der Waals surface area contributed by atoms with Crippen LogP contribution in [-0.2, 0) is 12.8 Å². The molecule has 0 amide bonds. The van der Waals surface area contributed by atoms with Gasteiger partial charge in [0.25, 0.3) is 0 Å². The summed E-state index contributed by atoms with van der Waals surface area (Å²) >= 11 is 0. The lowest BCUT2D eigenvalue weighted by Gasteiger charge is -2.23. The molecule has 114 valence electrons. The quantitative estimate of drug-likeness (QED) is 0.942. The lowest BCUT2D eigenvalue weighted by atomic mass is 10.1. The summed E-state index contributed by atoms with van der Waals surface area (Å²) in [6.07, 6.45) is 2.23. The van der Waals surface area contributed by atoms with E-state index < -0.39 is 0 Å². The molecule has 0 spiro atoms. The predicted molar refractivity (Wildman–Crippen MR) is 86.6 cm³/mol. The number of fused-ring (bicyclic) bond motifs is 2. The van der Waals surface area contributed by atoms with E-state index in [0.29, 0.717) is 25.3 Å². The van der Waals surface area contributed by atoms with Crippen molar-refractivity contribution in [3.8, 4) is 11.5 Å². The van der Waals surface area contributed by atoms with Crippen LogP contribution in [0.1, 0.15) is 29.7 Å². The molecule has 1 aliphatic heterocycles. The third kappa shape index (κ3) is 2.57. The van der Waals surface area contributed by atoms with Gasteiger partial charge in [0.15, 0.2) is 11.5 Å². The first-order chi connectivity index (χ1) is 10.8. The summed E-state index contributed by atoms with van der Waals surface area (Å²) in [5, 5.41) is 3.75. The maximum Gasteiger partial charge on any atom is 0.161 e. The number of hydrogen-bond acceptors (Lipinski definition) is 3. The highest BCUT2D eigenvalue weighted by Crippen LogP contribution is 2.33. The summed E-state index contributed by atoms with van der Waals surface area (Å²) in [4.78, 5) is 0. The Hall–Kier alpha value is -2.00. The summed E-state index contributed by atoms with van der Waals surface area (Å²) < 4.78 is 11.3. The van der Waals surface area contributed by atoms with Crippen LogP contribution < -0.4 is 14.8 Å². The molecule has 0 fully saturated rings. The molecule has 1 heterocycles. The van der Waals surface area contributed by atoms with Crippen LogP contribution in [0.2, 0.25) is 0 Å². The Morgan fingerprint density at radius 2 is 1.64 bits per heavy atom. The van der Waals surface area contributed by atoms with Gasteiger partial charge in [-0.1, -0.05) is 30.3 Å². The molecule has 4 rings (SSSR count). The van der Waals surface area contributed by atoms with Crippen LogP contribution in [0.4, 0.5) is 0 Å². The molecule has 2 aromatic rings. The highest BCUT2D eigenvalue weighted by molar-refractivity contribution is 5.44. The van der Waals surface area contributed by atoms with Crippen LogP contribution in [-0.4, -0.2) is 19.3 Å². The van der Waals surface area contributed by atoms with Gasteiger partial charge in [0.2, 0.25) is 0 Å². The smallest absolute Gasteiger partial charge is 0.161 e. The molecule has 1 unspecified atom stereocenters. The number of benzene rings is 2. The van der Waals surface area contributed by atoms with E-state index in [0.717, 1.165) is 24.3 Å². The third-order valence-electron chi connectivity index (χ3n) is 4.60. The fourth-order valence-electron chi connectivity index (χ4n) is 3.46. The van der Waals surface area contributed by atoms with Crippen LogP contribution in [0.15, 0.2) is 42.5 Å². The largest absolute Gasteiger partial charge is 0.486 e. The van der Waals surface area contributed by atoms with Crippen molar-refractivity contribution >= 4 is 0 Å². The standard InChI is InChI=1S/C19H21NO2/c1-13(14-6-7-18-19(12-14)22-9-8-21-18)20-17-10-15-4-2-3-5-16(15)11-17/h2-7,12-13,17,20H,8-11H2,1H3. The van der Waals surface area contributed by atoms with Crippen molar-refractivity contribution in [3.63, 3.8) is 0 Å². The molecule has 0 saturated carbocycles. The number of hydrogen-bond donors (Lipinski definition) is 1. The first-order valence-electron chi connectivity index (χ1n) is 8.02. The number of rotatable bonds is 3. The maximum absolute atomic E-state index is 5.68. The summed E-state index contributed by atoms with van der Waals surface area (Å²) in [6.45, 7) is 3.49. The van der Waals surface area contributed by atoms with Gasteiger partial charge >= 0.3 is 0 Å². The zero-order valence-corrected chi connectivity index (χ0v) is 12.8. The fraction of sp³-hybridized carbons (Fsp3) is 0.368. The SMILES string of the molecule is CC(NC1Cc2ccccc2C1)c1ccc2c(c1)OCCO2. The van der Waals surface area contributed by atoms with Crippen molar-refractivity contribution in [2.24, 2.45) is 0 Å². The van der Waals surface area contributed by atoms with Gasteiger partial charge in [-0.2, -0.15) is 0 Å². The lowest BCUT2D eigenvalue weighted by Crippen LogP contribution is -2.32. The average Bonchev–Trinajstić information content (AvgIpc) is 2.96. The first-order valence-corrected chi connectivity index (χ1v) is 8.02. The van der Waals surface area contributed by atoms with Gasteiger partial charge in [-0.3, -0.25) is 0 Å². The number of nitrogens with one attached hydrogen (secondary N) is 1. The summed E-state index contributed by atoms with van der Waals surface area (Å²) in [5.41, 5.74) is 4.21. The second-order valence-corrected chi connectivity index (χ2v) is 6.17. The van der Waals surface area contributed by atoms with Crippen molar-refractivity contribution in [3.05, 3.63) is 59.2 Å². The minimum atomic E-state index is 0.301. The van der Waals surface area contributed by atoms with Gasteiger partial charge < -0.3 is 14.8 Å². The molecule has 0 saturated heterocycles. The minimum absolute atomic E-state index is 0.301. The van der Waals surface area contributed by atoms with E-state index in [4.69, 9.17) is 9.47 Å². The topological polar surface area (TPSA) is 30.5 Å². The van der Waals surface area contributed by atoms with Gasteiger partial charge in [-0.25, -0.2) is 0 Å². The number of ether oxygens (including phenoxy) is 2. The van der Waals surface area contributed by atoms with E-state index in [9.17, 15) is 0 Å². The molecule has 22 heavy (non-hydrogen) atoms. The molecule has 0 radical (unpaired) electrons. The molecular formula is C19H21NO2. The third-order valence-corrected chi connectivity index (χ3v) is 4.60. The Bertz CT molecular complexity index is 658. The van der Waals surface area contributed by atoms with Gasteiger partial charge in [-0.15, -0.1) is 0 Å². The Morgan fingerprint density at radius 3 is 2.36 bits per heavy atom. The minimum Gasteiger partial charge on any atom is -0.486 e. The Kier molecular flexibility index (Phi) is 3.51. The second kappa shape index (κ2) is 5.65. The lowest BCUT2D eigenvalue weighted by molar-refractivity contribution is 0.171. The molecule has 1 atom stereocenters. The van der Waals surface area contributed by atoms with Crippen molar-refractivity contribution in [2.75, 3.05) is 13.2 Å². The van der Waals surface area contributed by atoms with E-state index in [2.05, 4.69) is 48.6 Å². The van der Waals surface area contributed by atoms with Crippen molar-refractivity contribution in [1.82, 2.24) is 5.32 Å². The zero-order chi connectivity index (χ0) is 14.9. The summed E-state index contributed by atoms with van der Waals surface area (Å²) in [5.74, 6) is 1.72.